The molecular weight excluding hydrogens is 247 g/mol. The van der Waals surface area contributed by atoms with E-state index in [1.165, 1.54) is 18.2 Å². The molecule has 5 heteroatoms. The van der Waals surface area contributed by atoms with Crippen molar-refractivity contribution in [1.82, 2.24) is 9.97 Å². The van der Waals surface area contributed by atoms with E-state index < -0.39 is 0 Å². The Morgan fingerprint density at radius 2 is 2.16 bits per heavy atom. The average molecular weight is 260 g/mol. The lowest BCUT2D eigenvalue weighted by molar-refractivity contribution is 0.449. The molecule has 0 amide bonds. The molecule has 0 unspecified atom stereocenters. The van der Waals surface area contributed by atoms with Gasteiger partial charge in [0, 0.05) is 12.0 Å². The molecule has 0 aliphatic heterocycles. The zero-order chi connectivity index (χ0) is 13.4. The lowest BCUT2D eigenvalue weighted by Crippen LogP contribution is -2.10. The van der Waals surface area contributed by atoms with Crippen molar-refractivity contribution in [2.24, 2.45) is 0 Å². The van der Waals surface area contributed by atoms with Crippen LogP contribution in [0.5, 0.6) is 11.6 Å². The minimum absolute atomic E-state index is 0.208. The molecular formula is C14H13FN2O2. The molecule has 0 saturated heterocycles. The molecule has 1 N–H and O–H groups in total. The van der Waals surface area contributed by atoms with Gasteiger partial charge in [0.1, 0.15) is 17.4 Å². The van der Waals surface area contributed by atoms with Gasteiger partial charge in [-0.2, -0.15) is 4.98 Å². The molecule has 0 bridgehead atoms. The molecule has 98 valence electrons. The van der Waals surface area contributed by atoms with Gasteiger partial charge < -0.3 is 9.72 Å². The summed E-state index contributed by atoms with van der Waals surface area (Å²) < 4.78 is 18.7. The number of aromatic nitrogens is 2. The van der Waals surface area contributed by atoms with Crippen LogP contribution in [-0.4, -0.2) is 9.97 Å². The van der Waals surface area contributed by atoms with Crippen LogP contribution < -0.4 is 10.3 Å². The first kappa shape index (κ1) is 11.9. The van der Waals surface area contributed by atoms with Crippen LogP contribution in [0.15, 0.2) is 29.1 Å². The van der Waals surface area contributed by atoms with Crippen molar-refractivity contribution < 1.29 is 9.13 Å². The van der Waals surface area contributed by atoms with Gasteiger partial charge in [0.15, 0.2) is 0 Å². The minimum atomic E-state index is -0.382. The third-order valence-corrected chi connectivity index (χ3v) is 3.07. The lowest BCUT2D eigenvalue weighted by atomic mass is 10.2. The van der Waals surface area contributed by atoms with E-state index in [9.17, 15) is 9.18 Å². The Kier molecular flexibility index (Phi) is 2.81. The van der Waals surface area contributed by atoms with Crippen LogP contribution in [0.25, 0.3) is 0 Å². The van der Waals surface area contributed by atoms with Crippen molar-refractivity contribution in [1.29, 1.82) is 0 Å². The Bertz CT molecular complexity index is 677. The number of H-pyrrole nitrogens is 1. The highest BCUT2D eigenvalue weighted by molar-refractivity contribution is 5.35. The third-order valence-electron chi connectivity index (χ3n) is 3.07. The minimum Gasteiger partial charge on any atom is -0.438 e. The fourth-order valence-corrected chi connectivity index (χ4v) is 1.85. The Morgan fingerprint density at radius 3 is 2.89 bits per heavy atom. The molecule has 2 aromatic rings. The van der Waals surface area contributed by atoms with E-state index in [4.69, 9.17) is 4.74 Å². The van der Waals surface area contributed by atoms with Crippen molar-refractivity contribution in [3.8, 4) is 11.6 Å². The summed E-state index contributed by atoms with van der Waals surface area (Å²) in [5.74, 6) is 1.17. The van der Waals surface area contributed by atoms with Crippen molar-refractivity contribution in [3.63, 3.8) is 0 Å². The maximum absolute atomic E-state index is 13.2. The summed E-state index contributed by atoms with van der Waals surface area (Å²) in [6.07, 6.45) is 2.07. The molecule has 0 atom stereocenters. The van der Waals surface area contributed by atoms with Gasteiger partial charge in [-0.05, 0) is 31.4 Å². The molecule has 1 aliphatic rings. The van der Waals surface area contributed by atoms with Crippen LogP contribution in [0, 0.1) is 12.7 Å². The van der Waals surface area contributed by atoms with E-state index in [-0.39, 0.29) is 17.3 Å². The van der Waals surface area contributed by atoms with Crippen LogP contribution >= 0.6 is 0 Å². The molecule has 19 heavy (non-hydrogen) atoms. The summed E-state index contributed by atoms with van der Waals surface area (Å²) in [5.41, 5.74) is 0.539. The lowest BCUT2D eigenvalue weighted by Gasteiger charge is -2.08. The zero-order valence-corrected chi connectivity index (χ0v) is 10.4. The van der Waals surface area contributed by atoms with Gasteiger partial charge in [0.05, 0.1) is 6.07 Å². The second-order valence-electron chi connectivity index (χ2n) is 4.76. The van der Waals surface area contributed by atoms with Crippen molar-refractivity contribution in [2.45, 2.75) is 25.7 Å². The number of nitrogens with one attached hydrogen (secondary N) is 1. The first-order valence-corrected chi connectivity index (χ1v) is 6.17. The summed E-state index contributed by atoms with van der Waals surface area (Å²) in [4.78, 5) is 18.5. The highest BCUT2D eigenvalue weighted by atomic mass is 19.1. The first-order chi connectivity index (χ1) is 9.11. The van der Waals surface area contributed by atoms with E-state index in [1.54, 1.807) is 6.07 Å². The Morgan fingerprint density at radius 1 is 1.37 bits per heavy atom. The summed E-state index contributed by atoms with van der Waals surface area (Å²) >= 11 is 0. The van der Waals surface area contributed by atoms with Crippen molar-refractivity contribution >= 4 is 0 Å². The van der Waals surface area contributed by atoms with Gasteiger partial charge >= 0.3 is 0 Å². The predicted molar refractivity (Wildman–Crippen MR) is 68.0 cm³/mol. The van der Waals surface area contributed by atoms with Gasteiger partial charge in [-0.15, -0.1) is 0 Å². The summed E-state index contributed by atoms with van der Waals surface area (Å²) in [6, 6.07) is 5.55. The number of hydrogen-bond acceptors (Lipinski definition) is 3. The Balaban J connectivity index is 1.94. The van der Waals surface area contributed by atoms with Gasteiger partial charge in [-0.1, -0.05) is 6.07 Å². The SMILES string of the molecule is Cc1ccc(F)cc1Oc1cc(=O)[nH]c(C2CC2)n1. The first-order valence-electron chi connectivity index (χ1n) is 6.17. The molecule has 1 saturated carbocycles. The highest BCUT2D eigenvalue weighted by Gasteiger charge is 2.26. The average Bonchev–Trinajstić information content (AvgIpc) is 3.17. The quantitative estimate of drug-likeness (QED) is 0.923. The van der Waals surface area contributed by atoms with Crippen LogP contribution in [0.2, 0.25) is 0 Å². The maximum atomic E-state index is 13.2. The fraction of sp³-hybridized carbons (Fsp3) is 0.286. The molecule has 1 fully saturated rings. The van der Waals surface area contributed by atoms with Gasteiger partial charge in [-0.3, -0.25) is 4.79 Å². The van der Waals surface area contributed by atoms with Gasteiger partial charge in [0.2, 0.25) is 5.88 Å². The zero-order valence-electron chi connectivity index (χ0n) is 10.4. The third kappa shape index (κ3) is 2.65. The molecule has 0 radical (unpaired) electrons. The fourth-order valence-electron chi connectivity index (χ4n) is 1.85. The summed E-state index contributed by atoms with van der Waals surface area (Å²) in [6.45, 7) is 1.81. The van der Waals surface area contributed by atoms with Crippen molar-refractivity contribution in [2.75, 3.05) is 0 Å². The number of aromatic amines is 1. The van der Waals surface area contributed by atoms with Crippen molar-refractivity contribution in [3.05, 3.63) is 51.8 Å². The van der Waals surface area contributed by atoms with Gasteiger partial charge in [-0.25, -0.2) is 4.39 Å². The second kappa shape index (κ2) is 4.50. The van der Waals surface area contributed by atoms with E-state index in [0.29, 0.717) is 17.5 Å². The van der Waals surface area contributed by atoms with Gasteiger partial charge in [0.25, 0.3) is 5.56 Å². The molecule has 1 heterocycles. The number of halogens is 1. The number of aryl methyl sites for hydroxylation is 1. The summed E-state index contributed by atoms with van der Waals surface area (Å²) in [5, 5.41) is 0. The number of rotatable bonds is 3. The maximum Gasteiger partial charge on any atom is 0.254 e. The molecule has 3 rings (SSSR count). The van der Waals surface area contributed by atoms with Crippen LogP contribution in [-0.2, 0) is 0 Å². The smallest absolute Gasteiger partial charge is 0.254 e. The number of ether oxygens (including phenoxy) is 1. The molecule has 1 aliphatic carbocycles. The molecule has 0 spiro atoms. The van der Waals surface area contributed by atoms with Crippen LogP contribution in [0.1, 0.15) is 30.1 Å². The largest absolute Gasteiger partial charge is 0.438 e. The highest BCUT2D eigenvalue weighted by Crippen LogP contribution is 2.38. The van der Waals surface area contributed by atoms with Crippen LogP contribution in [0.4, 0.5) is 4.39 Å². The van der Waals surface area contributed by atoms with E-state index in [0.717, 1.165) is 18.4 Å². The number of benzene rings is 1. The normalized spacial score (nSPS) is 14.4. The topological polar surface area (TPSA) is 55.0 Å². The van der Waals surface area contributed by atoms with E-state index in [1.807, 2.05) is 6.92 Å². The molecule has 4 nitrogen and oxygen atoms in total. The summed E-state index contributed by atoms with van der Waals surface area (Å²) in [7, 11) is 0. The Labute approximate surface area is 109 Å². The standard InChI is InChI=1S/C14H13FN2O2/c1-8-2-5-10(15)6-11(8)19-13-7-12(18)16-14(17-13)9-3-4-9/h2,5-7,9H,3-4H2,1H3,(H,16,17,18). The monoisotopic (exact) mass is 260 g/mol. The number of nitrogens with zero attached hydrogens (tertiary/aromatic N) is 1. The van der Waals surface area contributed by atoms with E-state index in [2.05, 4.69) is 9.97 Å². The Hall–Kier alpha value is -2.17. The number of hydrogen-bond donors (Lipinski definition) is 1. The molecule has 1 aromatic carbocycles. The second-order valence-corrected chi connectivity index (χ2v) is 4.76. The molecule has 1 aromatic heterocycles. The predicted octanol–water partition coefficient (Wildman–Crippen LogP) is 2.89. The van der Waals surface area contributed by atoms with Crippen LogP contribution in [0.3, 0.4) is 0 Å². The van der Waals surface area contributed by atoms with E-state index >= 15 is 0 Å².